The van der Waals surface area contributed by atoms with E-state index in [0.717, 1.165) is 12.1 Å². The summed E-state index contributed by atoms with van der Waals surface area (Å²) in [6, 6.07) is 14.9. The van der Waals surface area contributed by atoms with Crippen molar-refractivity contribution in [2.45, 2.75) is 12.8 Å². The van der Waals surface area contributed by atoms with E-state index in [1.165, 1.54) is 0 Å². The largest absolute Gasteiger partial charge is 0.452 e. The van der Waals surface area contributed by atoms with E-state index in [9.17, 15) is 14.4 Å². The van der Waals surface area contributed by atoms with Gasteiger partial charge in [0.1, 0.15) is 0 Å². The Morgan fingerprint density at radius 1 is 1.11 bits per heavy atom. The van der Waals surface area contributed by atoms with Crippen LogP contribution >= 0.6 is 0 Å². The van der Waals surface area contributed by atoms with E-state index in [2.05, 4.69) is 5.32 Å². The van der Waals surface area contributed by atoms with Crippen LogP contribution in [0.1, 0.15) is 28.8 Å². The quantitative estimate of drug-likeness (QED) is 0.823. The van der Waals surface area contributed by atoms with Crippen LogP contribution in [0.15, 0.2) is 48.5 Å². The summed E-state index contributed by atoms with van der Waals surface area (Å²) in [7, 11) is 0. The summed E-state index contributed by atoms with van der Waals surface area (Å²) in [5.74, 6) is -1.03. The number of rotatable bonds is 5. The van der Waals surface area contributed by atoms with Gasteiger partial charge in [0.05, 0.1) is 17.2 Å². The molecule has 136 valence electrons. The fraction of sp³-hybridized carbons (Fsp3) is 0.200. The van der Waals surface area contributed by atoms with Crippen molar-refractivity contribution in [1.82, 2.24) is 0 Å². The van der Waals surface area contributed by atoms with E-state index < -0.39 is 18.5 Å². The van der Waals surface area contributed by atoms with E-state index in [1.54, 1.807) is 53.4 Å². The average molecular weight is 363 g/mol. The van der Waals surface area contributed by atoms with E-state index in [1.807, 2.05) is 6.07 Å². The van der Waals surface area contributed by atoms with Crippen LogP contribution in [-0.2, 0) is 14.3 Å². The number of hydrogen-bond donors (Lipinski definition) is 1. The van der Waals surface area contributed by atoms with Gasteiger partial charge in [0, 0.05) is 24.3 Å². The van der Waals surface area contributed by atoms with Crippen molar-refractivity contribution in [1.29, 1.82) is 5.26 Å². The minimum absolute atomic E-state index is 0.0739. The van der Waals surface area contributed by atoms with Crippen LogP contribution < -0.4 is 10.2 Å². The van der Waals surface area contributed by atoms with Gasteiger partial charge in [0.25, 0.3) is 5.91 Å². The number of hydrogen-bond acceptors (Lipinski definition) is 5. The zero-order valence-electron chi connectivity index (χ0n) is 14.5. The average Bonchev–Trinajstić information content (AvgIpc) is 3.13. The maximum atomic E-state index is 12.1. The summed E-state index contributed by atoms with van der Waals surface area (Å²) in [4.78, 5) is 37.3. The topological polar surface area (TPSA) is 99.5 Å². The van der Waals surface area contributed by atoms with E-state index in [0.29, 0.717) is 29.8 Å². The summed E-state index contributed by atoms with van der Waals surface area (Å²) in [5.41, 5.74) is 2.04. The summed E-state index contributed by atoms with van der Waals surface area (Å²) in [5, 5.41) is 11.3. The van der Waals surface area contributed by atoms with Gasteiger partial charge in [0.15, 0.2) is 6.61 Å². The van der Waals surface area contributed by atoms with Crippen LogP contribution in [0.5, 0.6) is 0 Å². The van der Waals surface area contributed by atoms with E-state index in [-0.39, 0.29) is 5.91 Å². The molecule has 7 nitrogen and oxygen atoms in total. The summed E-state index contributed by atoms with van der Waals surface area (Å²) in [6.07, 6.45) is 1.37. The Morgan fingerprint density at radius 2 is 1.81 bits per heavy atom. The number of carbonyl (C=O) groups is 3. The Hall–Kier alpha value is -3.66. The molecule has 0 atom stereocenters. The van der Waals surface area contributed by atoms with Crippen molar-refractivity contribution < 1.29 is 19.1 Å². The summed E-state index contributed by atoms with van der Waals surface area (Å²) < 4.78 is 5.01. The number of nitriles is 1. The number of carbonyl (C=O) groups excluding carboxylic acids is 3. The lowest BCUT2D eigenvalue weighted by atomic mass is 10.2. The maximum Gasteiger partial charge on any atom is 0.338 e. The number of nitrogens with zero attached hydrogens (tertiary/aromatic N) is 2. The predicted molar refractivity (Wildman–Crippen MR) is 98.1 cm³/mol. The molecule has 0 saturated carbocycles. The van der Waals surface area contributed by atoms with Crippen molar-refractivity contribution in [2.24, 2.45) is 0 Å². The molecular formula is C20H17N3O4. The van der Waals surface area contributed by atoms with Crippen LogP contribution in [0.4, 0.5) is 11.4 Å². The highest BCUT2D eigenvalue weighted by molar-refractivity contribution is 5.97. The predicted octanol–water partition coefficient (Wildman–Crippen LogP) is 2.48. The van der Waals surface area contributed by atoms with Crippen molar-refractivity contribution in [3.63, 3.8) is 0 Å². The molecule has 7 heteroatoms. The molecule has 2 aromatic carbocycles. The monoisotopic (exact) mass is 363 g/mol. The van der Waals surface area contributed by atoms with Gasteiger partial charge in [-0.25, -0.2) is 4.79 Å². The molecule has 0 unspecified atom stereocenters. The van der Waals surface area contributed by atoms with E-state index in [4.69, 9.17) is 10.00 Å². The van der Waals surface area contributed by atoms with E-state index >= 15 is 0 Å². The van der Waals surface area contributed by atoms with Crippen molar-refractivity contribution >= 4 is 29.2 Å². The Morgan fingerprint density at radius 3 is 2.41 bits per heavy atom. The normalized spacial score (nSPS) is 13.1. The highest BCUT2D eigenvalue weighted by Crippen LogP contribution is 2.21. The second-order valence-corrected chi connectivity index (χ2v) is 6.01. The first kappa shape index (κ1) is 18.1. The first-order valence-electron chi connectivity index (χ1n) is 8.44. The molecule has 2 aromatic rings. The third-order valence-electron chi connectivity index (χ3n) is 4.12. The molecule has 0 aliphatic carbocycles. The first-order chi connectivity index (χ1) is 13.1. The van der Waals surface area contributed by atoms with Crippen LogP contribution in [0.3, 0.4) is 0 Å². The van der Waals surface area contributed by atoms with Gasteiger partial charge >= 0.3 is 5.97 Å². The molecule has 1 aliphatic heterocycles. The standard InChI is InChI=1S/C20H17N3O4/c21-12-14-3-7-16(8-4-14)22-18(24)13-27-20(26)15-5-9-17(10-6-15)23-11-1-2-19(23)25/h3-10H,1-2,11,13H2,(H,22,24). The Balaban J connectivity index is 1.51. The van der Waals surface area contributed by atoms with Crippen molar-refractivity contribution in [2.75, 3.05) is 23.4 Å². The van der Waals surface area contributed by atoms with Crippen LogP contribution in [0.2, 0.25) is 0 Å². The molecule has 0 radical (unpaired) electrons. The minimum Gasteiger partial charge on any atom is -0.452 e. The molecule has 1 aliphatic rings. The number of amides is 2. The van der Waals surface area contributed by atoms with Gasteiger partial charge in [-0.3, -0.25) is 9.59 Å². The molecular weight excluding hydrogens is 346 g/mol. The lowest BCUT2D eigenvalue weighted by Gasteiger charge is -2.15. The van der Waals surface area contributed by atoms with Gasteiger partial charge in [-0.15, -0.1) is 0 Å². The fourth-order valence-electron chi connectivity index (χ4n) is 2.74. The van der Waals surface area contributed by atoms with Crippen molar-refractivity contribution in [3.05, 3.63) is 59.7 Å². The molecule has 0 aromatic heterocycles. The smallest absolute Gasteiger partial charge is 0.338 e. The van der Waals surface area contributed by atoms with Crippen LogP contribution in [0.25, 0.3) is 0 Å². The third-order valence-corrected chi connectivity index (χ3v) is 4.12. The highest BCUT2D eigenvalue weighted by Gasteiger charge is 2.21. The Labute approximate surface area is 156 Å². The van der Waals surface area contributed by atoms with Gasteiger partial charge in [-0.1, -0.05) is 0 Å². The fourth-order valence-corrected chi connectivity index (χ4v) is 2.74. The maximum absolute atomic E-state index is 12.1. The number of anilines is 2. The van der Waals surface area contributed by atoms with Crippen molar-refractivity contribution in [3.8, 4) is 6.07 Å². The Kier molecular flexibility index (Phi) is 5.47. The highest BCUT2D eigenvalue weighted by atomic mass is 16.5. The second-order valence-electron chi connectivity index (χ2n) is 6.01. The molecule has 1 heterocycles. The van der Waals surface area contributed by atoms with Crippen LogP contribution in [-0.4, -0.2) is 30.9 Å². The summed E-state index contributed by atoms with van der Waals surface area (Å²) >= 11 is 0. The van der Waals surface area contributed by atoms with Crippen LogP contribution in [0, 0.1) is 11.3 Å². The number of ether oxygens (including phenoxy) is 1. The molecule has 1 fully saturated rings. The molecule has 0 spiro atoms. The second kappa shape index (κ2) is 8.15. The number of nitrogens with one attached hydrogen (secondary N) is 1. The SMILES string of the molecule is N#Cc1ccc(NC(=O)COC(=O)c2ccc(N3CCCC3=O)cc2)cc1. The van der Waals surface area contributed by atoms with Gasteiger partial charge in [-0.2, -0.15) is 5.26 Å². The number of esters is 1. The molecule has 1 saturated heterocycles. The summed E-state index contributed by atoms with van der Waals surface area (Å²) in [6.45, 7) is 0.253. The number of benzene rings is 2. The molecule has 2 amide bonds. The zero-order chi connectivity index (χ0) is 19.2. The lowest BCUT2D eigenvalue weighted by Crippen LogP contribution is -2.23. The molecule has 27 heavy (non-hydrogen) atoms. The van der Waals surface area contributed by atoms with Gasteiger partial charge < -0.3 is 15.0 Å². The minimum atomic E-state index is -0.621. The first-order valence-corrected chi connectivity index (χ1v) is 8.44. The Bertz CT molecular complexity index is 898. The molecule has 3 rings (SSSR count). The van der Waals surface area contributed by atoms with Gasteiger partial charge in [0.2, 0.25) is 5.91 Å². The molecule has 1 N–H and O–H groups in total. The third kappa shape index (κ3) is 4.50. The van der Waals surface area contributed by atoms with Gasteiger partial charge in [-0.05, 0) is 55.0 Å². The molecule has 0 bridgehead atoms. The zero-order valence-corrected chi connectivity index (χ0v) is 14.5. The lowest BCUT2D eigenvalue weighted by molar-refractivity contribution is -0.119.